The molecule has 0 unspecified atom stereocenters. The van der Waals surface area contributed by atoms with Gasteiger partial charge in [0.05, 0.1) is 30.9 Å². The zero-order valence-corrected chi connectivity index (χ0v) is 15.3. The number of ether oxygens (including phenoxy) is 3. The van der Waals surface area contributed by atoms with Crippen LogP contribution in [0.2, 0.25) is 0 Å². The third-order valence-electron chi connectivity index (χ3n) is 3.80. The number of rotatable bonds is 7. The first-order valence-electron chi connectivity index (χ1n) is 8.40. The minimum Gasteiger partial charge on any atom is -0.493 e. The summed E-state index contributed by atoms with van der Waals surface area (Å²) in [5.74, 6) is 0.113. The van der Waals surface area contributed by atoms with E-state index in [9.17, 15) is 18.0 Å². The molecule has 0 aromatic heterocycles. The number of esters is 1. The van der Waals surface area contributed by atoms with Crippen LogP contribution in [0.5, 0.6) is 17.2 Å². The number of methoxy groups -OCH3 is 1. The molecule has 0 heterocycles. The highest BCUT2D eigenvalue weighted by atomic mass is 19.4. The van der Waals surface area contributed by atoms with Gasteiger partial charge in [0.15, 0.2) is 11.5 Å². The van der Waals surface area contributed by atoms with Crippen molar-refractivity contribution in [3.63, 3.8) is 0 Å². The van der Waals surface area contributed by atoms with Gasteiger partial charge in [-0.05, 0) is 49.2 Å². The van der Waals surface area contributed by atoms with Gasteiger partial charge in [0, 0.05) is 6.42 Å². The fourth-order valence-electron chi connectivity index (χ4n) is 2.48. The summed E-state index contributed by atoms with van der Waals surface area (Å²) in [6.45, 7) is 2.03. The molecule has 0 spiro atoms. The highest BCUT2D eigenvalue weighted by Gasteiger charge is 2.34. The van der Waals surface area contributed by atoms with Crippen molar-refractivity contribution in [2.45, 2.75) is 25.9 Å². The van der Waals surface area contributed by atoms with E-state index >= 15 is 0 Å². The Morgan fingerprint density at radius 3 is 2.50 bits per heavy atom. The molecule has 28 heavy (non-hydrogen) atoms. The Morgan fingerprint density at radius 1 is 1.14 bits per heavy atom. The van der Waals surface area contributed by atoms with Crippen LogP contribution < -0.4 is 9.47 Å². The molecule has 8 heteroatoms. The predicted molar refractivity (Wildman–Crippen MR) is 94.2 cm³/mol. The van der Waals surface area contributed by atoms with Crippen LogP contribution in [0.15, 0.2) is 36.4 Å². The Kier molecular flexibility index (Phi) is 6.88. The summed E-state index contributed by atoms with van der Waals surface area (Å²) in [6, 6.07) is 9.50. The van der Waals surface area contributed by atoms with Crippen molar-refractivity contribution in [1.82, 2.24) is 0 Å². The molecular formula is C20H18F3NO4. The molecule has 0 aliphatic rings. The van der Waals surface area contributed by atoms with Crippen LogP contribution in [0.4, 0.5) is 13.2 Å². The predicted octanol–water partition coefficient (Wildman–Crippen LogP) is 4.87. The maximum atomic E-state index is 13.1. The van der Waals surface area contributed by atoms with Gasteiger partial charge in [-0.2, -0.15) is 18.4 Å². The number of carbonyl (C=O) groups excluding carboxylic acids is 1. The number of hydrogen-bond donors (Lipinski definition) is 0. The third kappa shape index (κ3) is 5.39. The zero-order valence-electron chi connectivity index (χ0n) is 15.3. The molecule has 0 N–H and O–H groups in total. The lowest BCUT2D eigenvalue weighted by Gasteiger charge is -2.14. The smallest absolute Gasteiger partial charge is 0.417 e. The number of carbonyl (C=O) groups is 1. The number of alkyl halides is 3. The van der Waals surface area contributed by atoms with Gasteiger partial charge in [-0.1, -0.05) is 6.07 Å². The fourth-order valence-corrected chi connectivity index (χ4v) is 2.48. The molecule has 0 amide bonds. The van der Waals surface area contributed by atoms with Gasteiger partial charge in [0.1, 0.15) is 5.75 Å². The van der Waals surface area contributed by atoms with E-state index in [1.807, 2.05) is 0 Å². The first-order valence-corrected chi connectivity index (χ1v) is 8.40. The molecule has 2 aromatic carbocycles. The summed E-state index contributed by atoms with van der Waals surface area (Å²) in [7, 11) is 1.40. The molecule has 148 valence electrons. The van der Waals surface area contributed by atoms with Gasteiger partial charge >= 0.3 is 12.1 Å². The average molecular weight is 393 g/mol. The number of nitrogens with zero attached hydrogens (tertiary/aromatic N) is 1. The van der Waals surface area contributed by atoms with Gasteiger partial charge in [-0.25, -0.2) is 0 Å². The Morgan fingerprint density at radius 2 is 1.89 bits per heavy atom. The number of halogens is 3. The molecule has 0 saturated carbocycles. The Balaban J connectivity index is 2.22. The largest absolute Gasteiger partial charge is 0.493 e. The molecule has 0 atom stereocenters. The van der Waals surface area contributed by atoms with Crippen LogP contribution in [-0.2, 0) is 22.1 Å². The summed E-state index contributed by atoms with van der Waals surface area (Å²) in [4.78, 5) is 11.5. The van der Waals surface area contributed by atoms with Gasteiger partial charge in [0.2, 0.25) is 0 Å². The monoisotopic (exact) mass is 393 g/mol. The molecule has 2 aromatic rings. The summed E-state index contributed by atoms with van der Waals surface area (Å²) in [5.41, 5.74) is -0.772. The van der Waals surface area contributed by atoms with Crippen LogP contribution in [-0.4, -0.2) is 19.7 Å². The normalized spacial score (nSPS) is 10.9. The topological polar surface area (TPSA) is 68.5 Å². The van der Waals surface area contributed by atoms with Gasteiger partial charge in [-0.15, -0.1) is 0 Å². The highest BCUT2D eigenvalue weighted by molar-refractivity contribution is 5.69. The Hall–Kier alpha value is -3.21. The first-order chi connectivity index (χ1) is 13.3. The van der Waals surface area contributed by atoms with E-state index < -0.39 is 17.3 Å². The average Bonchev–Trinajstić information content (AvgIpc) is 2.66. The second-order valence-corrected chi connectivity index (χ2v) is 5.71. The Bertz CT molecular complexity index is 888. The van der Waals surface area contributed by atoms with Crippen LogP contribution in [0.25, 0.3) is 0 Å². The van der Waals surface area contributed by atoms with E-state index in [-0.39, 0.29) is 23.9 Å². The van der Waals surface area contributed by atoms with Crippen molar-refractivity contribution in [1.29, 1.82) is 5.26 Å². The highest BCUT2D eigenvalue weighted by Crippen LogP contribution is 2.37. The molecular weight excluding hydrogens is 375 g/mol. The van der Waals surface area contributed by atoms with Gasteiger partial charge in [0.25, 0.3) is 0 Å². The molecule has 0 bridgehead atoms. The maximum absolute atomic E-state index is 13.1. The van der Waals surface area contributed by atoms with Crippen LogP contribution in [0.1, 0.15) is 30.0 Å². The second-order valence-electron chi connectivity index (χ2n) is 5.71. The van der Waals surface area contributed by atoms with Gasteiger partial charge in [-0.3, -0.25) is 4.79 Å². The van der Waals surface area contributed by atoms with Crippen LogP contribution in [0.3, 0.4) is 0 Å². The van der Waals surface area contributed by atoms with E-state index in [4.69, 9.17) is 19.5 Å². The van der Waals surface area contributed by atoms with Crippen LogP contribution in [0, 0.1) is 11.3 Å². The molecule has 0 aliphatic heterocycles. The van der Waals surface area contributed by atoms with E-state index in [1.165, 1.54) is 19.2 Å². The standard InChI is InChI=1S/C20H18F3NO4/c1-3-27-19(25)9-5-13-4-8-17(18(10-13)26-2)28-15-7-6-14(12-24)16(11-15)20(21,22)23/h4,6-8,10-11H,3,5,9H2,1-2H3. The number of hydrogen-bond acceptors (Lipinski definition) is 5. The summed E-state index contributed by atoms with van der Waals surface area (Å²) < 4.78 is 54.9. The SMILES string of the molecule is CCOC(=O)CCc1ccc(Oc2ccc(C#N)c(C(F)(F)F)c2)c(OC)c1. The Labute approximate surface area is 160 Å². The van der Waals surface area contributed by atoms with E-state index in [2.05, 4.69) is 0 Å². The first kappa shape index (κ1) is 21.1. The summed E-state index contributed by atoms with van der Waals surface area (Å²) in [5, 5.41) is 8.85. The van der Waals surface area contributed by atoms with Gasteiger partial charge < -0.3 is 14.2 Å². The molecule has 2 rings (SSSR count). The molecule has 5 nitrogen and oxygen atoms in total. The lowest BCUT2D eigenvalue weighted by Crippen LogP contribution is -2.08. The van der Waals surface area contributed by atoms with Crippen molar-refractivity contribution in [3.8, 4) is 23.3 Å². The minimum atomic E-state index is -4.68. The molecule has 0 saturated heterocycles. The zero-order chi connectivity index (χ0) is 20.7. The van der Waals surface area contributed by atoms with Crippen molar-refractivity contribution in [2.75, 3.05) is 13.7 Å². The van der Waals surface area contributed by atoms with Crippen molar-refractivity contribution < 1.29 is 32.2 Å². The molecule has 0 aliphatic carbocycles. The molecule has 0 radical (unpaired) electrons. The van der Waals surface area contributed by atoms with E-state index in [0.29, 0.717) is 18.8 Å². The fraction of sp³-hybridized carbons (Fsp3) is 0.300. The summed E-state index contributed by atoms with van der Waals surface area (Å²) in [6.07, 6.45) is -4.06. The quantitative estimate of drug-likeness (QED) is 0.628. The molecule has 0 fully saturated rings. The van der Waals surface area contributed by atoms with Crippen molar-refractivity contribution >= 4 is 5.97 Å². The van der Waals surface area contributed by atoms with Crippen molar-refractivity contribution in [2.24, 2.45) is 0 Å². The number of aryl methyl sites for hydroxylation is 1. The van der Waals surface area contributed by atoms with Crippen LogP contribution >= 0.6 is 0 Å². The lowest BCUT2D eigenvalue weighted by molar-refractivity contribution is -0.143. The minimum absolute atomic E-state index is 0.0797. The summed E-state index contributed by atoms with van der Waals surface area (Å²) >= 11 is 0. The second kappa shape index (κ2) is 9.13. The third-order valence-corrected chi connectivity index (χ3v) is 3.80. The van der Waals surface area contributed by atoms with E-state index in [0.717, 1.165) is 17.7 Å². The maximum Gasteiger partial charge on any atom is 0.417 e. The number of benzene rings is 2. The van der Waals surface area contributed by atoms with Crippen molar-refractivity contribution in [3.05, 3.63) is 53.1 Å². The van der Waals surface area contributed by atoms with E-state index in [1.54, 1.807) is 25.1 Å². The number of nitriles is 1. The lowest BCUT2D eigenvalue weighted by atomic mass is 10.1.